The molecule has 0 spiro atoms. The predicted octanol–water partition coefficient (Wildman–Crippen LogP) is 1.77. The third kappa shape index (κ3) is 5.38. The molecule has 4 aromatic rings. The van der Waals surface area contributed by atoms with Crippen LogP contribution in [0.1, 0.15) is 26.4 Å². The van der Waals surface area contributed by atoms with Gasteiger partial charge in [0.1, 0.15) is 5.82 Å². The van der Waals surface area contributed by atoms with Crippen LogP contribution >= 0.6 is 0 Å². The van der Waals surface area contributed by atoms with Gasteiger partial charge in [-0.05, 0) is 23.8 Å². The number of hydrogen-bond donors (Lipinski definition) is 3. The standard InChI is InChI=1S/C25H20FN5O4/c26-20-13-7-6-12-19(20)23(33)27-14-21(32)28-29-24(34)22-17-10-4-5-11-18(17)25(35)31(30-22)15-16-8-2-1-3-9-16/h1-13H,14-15H2,(H,27,33)(H,28,32)(H,29,34). The van der Waals surface area contributed by atoms with Crippen LogP contribution in [-0.4, -0.2) is 34.0 Å². The van der Waals surface area contributed by atoms with Gasteiger partial charge in [0, 0.05) is 5.39 Å². The third-order valence-corrected chi connectivity index (χ3v) is 5.10. The van der Waals surface area contributed by atoms with Gasteiger partial charge in [0.05, 0.1) is 24.0 Å². The van der Waals surface area contributed by atoms with Crippen molar-refractivity contribution in [3.8, 4) is 0 Å². The van der Waals surface area contributed by atoms with Crippen molar-refractivity contribution in [3.63, 3.8) is 0 Å². The molecule has 0 saturated carbocycles. The molecule has 0 aliphatic heterocycles. The molecule has 0 aliphatic rings. The van der Waals surface area contributed by atoms with Crippen molar-refractivity contribution in [1.29, 1.82) is 0 Å². The average molecular weight is 473 g/mol. The van der Waals surface area contributed by atoms with Gasteiger partial charge < -0.3 is 5.32 Å². The summed E-state index contributed by atoms with van der Waals surface area (Å²) in [6, 6.07) is 21.0. The third-order valence-electron chi connectivity index (χ3n) is 5.10. The highest BCUT2D eigenvalue weighted by Crippen LogP contribution is 2.14. The van der Waals surface area contributed by atoms with E-state index in [4.69, 9.17) is 0 Å². The number of aromatic nitrogens is 2. The quantitative estimate of drug-likeness (QED) is 0.369. The first-order valence-corrected chi connectivity index (χ1v) is 10.6. The van der Waals surface area contributed by atoms with Gasteiger partial charge in [-0.2, -0.15) is 5.10 Å². The van der Waals surface area contributed by atoms with Crippen LogP contribution in [0.2, 0.25) is 0 Å². The minimum atomic E-state index is -0.773. The Balaban J connectivity index is 1.47. The lowest BCUT2D eigenvalue weighted by Crippen LogP contribution is -2.47. The number of benzene rings is 3. The Morgan fingerprint density at radius 1 is 0.800 bits per heavy atom. The summed E-state index contributed by atoms with van der Waals surface area (Å²) in [7, 11) is 0. The van der Waals surface area contributed by atoms with Gasteiger partial charge in [0.25, 0.3) is 23.3 Å². The van der Waals surface area contributed by atoms with Crippen molar-refractivity contribution in [1.82, 2.24) is 25.9 Å². The fourth-order valence-corrected chi connectivity index (χ4v) is 3.40. The molecule has 10 heteroatoms. The Morgan fingerprint density at radius 2 is 1.46 bits per heavy atom. The number of nitrogens with one attached hydrogen (secondary N) is 3. The molecule has 35 heavy (non-hydrogen) atoms. The molecule has 0 atom stereocenters. The van der Waals surface area contributed by atoms with Crippen LogP contribution in [0.4, 0.5) is 4.39 Å². The van der Waals surface area contributed by atoms with E-state index in [0.717, 1.165) is 11.6 Å². The highest BCUT2D eigenvalue weighted by Gasteiger charge is 2.18. The number of rotatable bonds is 6. The maximum Gasteiger partial charge on any atom is 0.290 e. The Bertz CT molecular complexity index is 1470. The number of carbonyl (C=O) groups excluding carboxylic acids is 3. The fourth-order valence-electron chi connectivity index (χ4n) is 3.40. The molecule has 3 amide bonds. The Labute approximate surface area is 198 Å². The van der Waals surface area contributed by atoms with E-state index in [1.807, 2.05) is 30.3 Å². The summed E-state index contributed by atoms with van der Waals surface area (Å²) in [5.74, 6) is -2.99. The van der Waals surface area contributed by atoms with Gasteiger partial charge in [0.15, 0.2) is 5.69 Å². The lowest BCUT2D eigenvalue weighted by atomic mass is 10.1. The molecule has 3 N–H and O–H groups in total. The van der Waals surface area contributed by atoms with Crippen molar-refractivity contribution in [2.24, 2.45) is 0 Å². The van der Waals surface area contributed by atoms with Gasteiger partial charge in [0.2, 0.25) is 0 Å². The highest BCUT2D eigenvalue weighted by atomic mass is 19.1. The molecule has 1 heterocycles. The van der Waals surface area contributed by atoms with Crippen LogP contribution in [0, 0.1) is 5.82 Å². The molecular formula is C25H20FN5O4. The van der Waals surface area contributed by atoms with Crippen LogP contribution < -0.4 is 21.7 Å². The second-order valence-corrected chi connectivity index (χ2v) is 7.51. The van der Waals surface area contributed by atoms with E-state index in [-0.39, 0.29) is 23.4 Å². The molecule has 0 radical (unpaired) electrons. The van der Waals surface area contributed by atoms with E-state index in [1.54, 1.807) is 24.3 Å². The fraction of sp³-hybridized carbons (Fsp3) is 0.0800. The van der Waals surface area contributed by atoms with Crippen LogP contribution in [0.5, 0.6) is 0 Å². The molecule has 0 fully saturated rings. The summed E-state index contributed by atoms with van der Waals surface area (Å²) < 4.78 is 14.9. The summed E-state index contributed by atoms with van der Waals surface area (Å²) in [4.78, 5) is 49.9. The molecule has 0 aliphatic carbocycles. The zero-order chi connectivity index (χ0) is 24.8. The molecule has 0 unspecified atom stereocenters. The van der Waals surface area contributed by atoms with E-state index in [0.29, 0.717) is 10.8 Å². The normalized spacial score (nSPS) is 10.5. The van der Waals surface area contributed by atoms with E-state index in [1.165, 1.54) is 22.9 Å². The molecule has 4 rings (SSSR count). The molecule has 176 valence electrons. The predicted molar refractivity (Wildman–Crippen MR) is 126 cm³/mol. The lowest BCUT2D eigenvalue weighted by molar-refractivity contribution is -0.120. The van der Waals surface area contributed by atoms with Crippen LogP contribution in [0.25, 0.3) is 10.8 Å². The summed E-state index contributed by atoms with van der Waals surface area (Å²) in [5, 5.41) is 7.12. The molecular weight excluding hydrogens is 453 g/mol. The number of hydrazine groups is 1. The minimum absolute atomic E-state index is 0.0631. The van der Waals surface area contributed by atoms with Crippen LogP contribution in [-0.2, 0) is 11.3 Å². The SMILES string of the molecule is O=C(CNC(=O)c1ccccc1F)NNC(=O)c1nn(Cc2ccccc2)c(=O)c2ccccc12. The Kier molecular flexibility index (Phi) is 6.91. The molecule has 3 aromatic carbocycles. The summed E-state index contributed by atoms with van der Waals surface area (Å²) in [5.41, 5.74) is 4.60. The largest absolute Gasteiger partial charge is 0.343 e. The minimum Gasteiger partial charge on any atom is -0.343 e. The van der Waals surface area contributed by atoms with Crippen LogP contribution in [0.15, 0.2) is 83.7 Å². The van der Waals surface area contributed by atoms with Gasteiger partial charge in [-0.25, -0.2) is 9.07 Å². The maximum atomic E-state index is 13.7. The number of nitrogens with zero attached hydrogens (tertiary/aromatic N) is 2. The first-order chi connectivity index (χ1) is 16.9. The van der Waals surface area contributed by atoms with Crippen molar-refractivity contribution in [2.75, 3.05) is 6.54 Å². The number of carbonyl (C=O) groups is 3. The Morgan fingerprint density at radius 3 is 2.20 bits per heavy atom. The summed E-state index contributed by atoms with van der Waals surface area (Å²) >= 11 is 0. The average Bonchev–Trinajstić information content (AvgIpc) is 2.88. The molecule has 1 aromatic heterocycles. The highest BCUT2D eigenvalue weighted by molar-refractivity contribution is 6.05. The number of hydrogen-bond acceptors (Lipinski definition) is 5. The second kappa shape index (κ2) is 10.4. The van der Waals surface area contributed by atoms with Crippen molar-refractivity contribution in [2.45, 2.75) is 6.54 Å². The zero-order valence-corrected chi connectivity index (χ0v) is 18.3. The first-order valence-electron chi connectivity index (χ1n) is 10.6. The van der Waals surface area contributed by atoms with E-state index >= 15 is 0 Å². The van der Waals surface area contributed by atoms with Crippen molar-refractivity contribution >= 4 is 28.5 Å². The zero-order valence-electron chi connectivity index (χ0n) is 18.3. The summed E-state index contributed by atoms with van der Waals surface area (Å²) in [6.07, 6.45) is 0. The molecule has 0 bridgehead atoms. The molecule has 9 nitrogen and oxygen atoms in total. The Hall–Kier alpha value is -4.86. The maximum absolute atomic E-state index is 13.7. The topological polar surface area (TPSA) is 122 Å². The van der Waals surface area contributed by atoms with Crippen molar-refractivity contribution in [3.05, 3.63) is 112 Å². The number of halogens is 1. The van der Waals surface area contributed by atoms with Gasteiger partial charge in [-0.3, -0.25) is 30.0 Å². The smallest absolute Gasteiger partial charge is 0.290 e. The monoisotopic (exact) mass is 473 g/mol. The van der Waals surface area contributed by atoms with Gasteiger partial charge in [-0.1, -0.05) is 60.7 Å². The van der Waals surface area contributed by atoms with E-state index in [9.17, 15) is 23.6 Å². The van der Waals surface area contributed by atoms with Gasteiger partial charge >= 0.3 is 0 Å². The number of amides is 3. The van der Waals surface area contributed by atoms with E-state index in [2.05, 4.69) is 21.3 Å². The van der Waals surface area contributed by atoms with Crippen molar-refractivity contribution < 1.29 is 18.8 Å². The second-order valence-electron chi connectivity index (χ2n) is 7.51. The first kappa shape index (κ1) is 23.3. The van der Waals surface area contributed by atoms with E-state index < -0.39 is 30.1 Å². The molecule has 0 saturated heterocycles. The van der Waals surface area contributed by atoms with Gasteiger partial charge in [-0.15, -0.1) is 0 Å². The summed E-state index contributed by atoms with van der Waals surface area (Å²) in [6.45, 7) is -0.353. The number of fused-ring (bicyclic) bond motifs is 1. The van der Waals surface area contributed by atoms with Crippen LogP contribution in [0.3, 0.4) is 0 Å². The lowest BCUT2D eigenvalue weighted by Gasteiger charge is -2.12.